The number of benzene rings is 1. The summed E-state index contributed by atoms with van der Waals surface area (Å²) in [5.41, 5.74) is 1.53. The third kappa shape index (κ3) is 2.64. The van der Waals surface area contributed by atoms with E-state index in [0.29, 0.717) is 26.3 Å². The van der Waals surface area contributed by atoms with Gasteiger partial charge < -0.3 is 0 Å². The molecular weight excluding hydrogens is 395 g/mol. The summed E-state index contributed by atoms with van der Waals surface area (Å²) >= 11 is 21.2. The Morgan fingerprint density at radius 2 is 1.81 bits per heavy atom. The number of nitrogens with one attached hydrogen (secondary N) is 1. The minimum absolute atomic E-state index is 0.402. The van der Waals surface area contributed by atoms with Crippen molar-refractivity contribution in [2.45, 2.75) is 0 Å². The van der Waals surface area contributed by atoms with Gasteiger partial charge in [0, 0.05) is 22.4 Å². The molecule has 0 unspecified atom stereocenters. The van der Waals surface area contributed by atoms with Crippen molar-refractivity contribution in [3.63, 3.8) is 0 Å². The van der Waals surface area contributed by atoms with Crippen LogP contribution in [0.4, 0.5) is 0 Å². The fraction of sp³-hybridized carbons (Fsp3) is 0. The molecule has 4 nitrogen and oxygen atoms in total. The Bertz CT molecular complexity index is 860. The minimum atomic E-state index is 0.402. The van der Waals surface area contributed by atoms with Crippen LogP contribution in [-0.4, -0.2) is 19.7 Å². The fourth-order valence-corrected chi connectivity index (χ4v) is 2.99. The van der Waals surface area contributed by atoms with E-state index in [1.807, 2.05) is 24.3 Å². The molecule has 0 saturated carbocycles. The van der Waals surface area contributed by atoms with Crippen LogP contribution in [0.15, 0.2) is 41.1 Å². The third-order valence-electron chi connectivity index (χ3n) is 2.87. The first-order valence-corrected chi connectivity index (χ1v) is 7.77. The molecule has 0 bridgehead atoms. The van der Waals surface area contributed by atoms with Gasteiger partial charge in [-0.05, 0) is 52.4 Å². The van der Waals surface area contributed by atoms with Crippen LogP contribution in [0.1, 0.15) is 0 Å². The summed E-state index contributed by atoms with van der Waals surface area (Å²) in [6.45, 7) is 0. The van der Waals surface area contributed by atoms with Crippen LogP contribution in [0.2, 0.25) is 10.0 Å². The number of aromatic nitrogens is 4. The van der Waals surface area contributed by atoms with Gasteiger partial charge in [-0.15, -0.1) is 0 Å². The molecule has 0 aliphatic heterocycles. The zero-order valence-electron chi connectivity index (χ0n) is 10.3. The largest absolute Gasteiger partial charge is 0.267 e. The van der Waals surface area contributed by atoms with E-state index in [0.717, 1.165) is 10.0 Å². The first kappa shape index (κ1) is 14.7. The first-order chi connectivity index (χ1) is 10.1. The molecule has 0 aliphatic rings. The first-order valence-electron chi connectivity index (χ1n) is 5.81. The maximum Gasteiger partial charge on any atom is 0.200 e. The number of pyridine rings is 1. The highest BCUT2D eigenvalue weighted by Crippen LogP contribution is 2.36. The Labute approximate surface area is 143 Å². The lowest BCUT2D eigenvalue weighted by Gasteiger charge is -2.10. The van der Waals surface area contributed by atoms with E-state index in [4.69, 9.17) is 35.4 Å². The van der Waals surface area contributed by atoms with E-state index in [1.54, 1.807) is 17.0 Å². The Kier molecular flexibility index (Phi) is 4.12. The van der Waals surface area contributed by atoms with Crippen LogP contribution in [0.5, 0.6) is 0 Å². The molecule has 0 spiro atoms. The number of hydrogen-bond acceptors (Lipinski definition) is 3. The maximum atomic E-state index is 6.34. The number of nitrogens with zero attached hydrogens (tertiary/aromatic N) is 3. The van der Waals surface area contributed by atoms with Crippen molar-refractivity contribution in [1.29, 1.82) is 0 Å². The highest BCUT2D eigenvalue weighted by atomic mass is 79.9. The Balaban J connectivity index is 2.28. The number of H-pyrrole nitrogens is 1. The molecule has 21 heavy (non-hydrogen) atoms. The summed E-state index contributed by atoms with van der Waals surface area (Å²) in [4.78, 5) is 4.00. The lowest BCUT2D eigenvalue weighted by molar-refractivity contribution is 1.03. The van der Waals surface area contributed by atoms with Crippen LogP contribution in [0.25, 0.3) is 17.1 Å². The summed E-state index contributed by atoms with van der Waals surface area (Å²) in [6.07, 6.45) is 3.38. The second-order valence-electron chi connectivity index (χ2n) is 4.12. The summed E-state index contributed by atoms with van der Waals surface area (Å²) in [5.74, 6) is 0.641. The topological polar surface area (TPSA) is 46.5 Å². The molecule has 0 atom stereocenters. The molecule has 106 valence electrons. The van der Waals surface area contributed by atoms with E-state index in [-0.39, 0.29) is 0 Å². The minimum Gasteiger partial charge on any atom is -0.267 e. The predicted octanol–water partition coefficient (Wildman–Crippen LogP) is 5.06. The Morgan fingerprint density at radius 1 is 1.10 bits per heavy atom. The standard InChI is InChI=1S/C13H7BrCl2N4S/c14-8-1-2-9(11(16)10(8)15)20-12(18-19-13(20)21)7-3-5-17-6-4-7/h1-6H,(H,19,21). The van der Waals surface area contributed by atoms with Crippen molar-refractivity contribution < 1.29 is 0 Å². The smallest absolute Gasteiger partial charge is 0.200 e. The summed E-state index contributed by atoms with van der Waals surface area (Å²) in [6, 6.07) is 7.33. The highest BCUT2D eigenvalue weighted by Gasteiger charge is 2.16. The average molecular weight is 402 g/mol. The zero-order chi connectivity index (χ0) is 15.0. The van der Waals surface area contributed by atoms with Gasteiger partial charge >= 0.3 is 0 Å². The van der Waals surface area contributed by atoms with Gasteiger partial charge in [-0.3, -0.25) is 14.6 Å². The molecule has 2 aromatic heterocycles. The Morgan fingerprint density at radius 3 is 2.52 bits per heavy atom. The molecule has 1 N–H and O–H groups in total. The lowest BCUT2D eigenvalue weighted by atomic mass is 10.2. The average Bonchev–Trinajstić information content (AvgIpc) is 2.88. The number of rotatable bonds is 2. The van der Waals surface area contributed by atoms with Crippen molar-refractivity contribution in [3.05, 3.63) is 55.9 Å². The molecule has 8 heteroatoms. The second-order valence-corrected chi connectivity index (χ2v) is 6.12. The van der Waals surface area contributed by atoms with Crippen molar-refractivity contribution in [2.24, 2.45) is 0 Å². The van der Waals surface area contributed by atoms with Gasteiger partial charge in [0.1, 0.15) is 0 Å². The molecule has 0 radical (unpaired) electrons. The van der Waals surface area contributed by atoms with Crippen LogP contribution in [0.3, 0.4) is 0 Å². The fourth-order valence-electron chi connectivity index (χ4n) is 1.90. The Hall–Kier alpha value is -1.21. The maximum absolute atomic E-state index is 6.34. The summed E-state index contributed by atoms with van der Waals surface area (Å²) in [5, 5.41) is 7.87. The molecule has 0 saturated heterocycles. The van der Waals surface area contributed by atoms with Gasteiger partial charge in [0.25, 0.3) is 0 Å². The van der Waals surface area contributed by atoms with E-state index < -0.39 is 0 Å². The molecule has 0 fully saturated rings. The zero-order valence-corrected chi connectivity index (χ0v) is 14.3. The normalized spacial score (nSPS) is 10.8. The highest BCUT2D eigenvalue weighted by molar-refractivity contribution is 9.10. The summed E-state index contributed by atoms with van der Waals surface area (Å²) in [7, 11) is 0. The van der Waals surface area contributed by atoms with Crippen molar-refractivity contribution in [2.75, 3.05) is 0 Å². The quantitative estimate of drug-likeness (QED) is 0.482. The van der Waals surface area contributed by atoms with Crippen molar-refractivity contribution in [1.82, 2.24) is 19.7 Å². The van der Waals surface area contributed by atoms with Gasteiger partial charge in [-0.25, -0.2) is 0 Å². The summed E-state index contributed by atoms with van der Waals surface area (Å²) < 4.78 is 2.89. The second kappa shape index (κ2) is 5.88. The van der Waals surface area contributed by atoms with Gasteiger partial charge in [0.05, 0.1) is 15.7 Å². The molecule has 0 aliphatic carbocycles. The SMILES string of the molecule is S=c1[nH]nc(-c2ccncc2)n1-c1ccc(Br)c(Cl)c1Cl. The van der Waals surface area contributed by atoms with Crippen LogP contribution < -0.4 is 0 Å². The monoisotopic (exact) mass is 400 g/mol. The van der Waals surface area contributed by atoms with Crippen LogP contribution in [-0.2, 0) is 0 Å². The van der Waals surface area contributed by atoms with Crippen LogP contribution in [0, 0.1) is 4.77 Å². The van der Waals surface area contributed by atoms with E-state index in [1.165, 1.54) is 0 Å². The number of aromatic amines is 1. The molecular formula is C13H7BrCl2N4S. The van der Waals surface area contributed by atoms with E-state index in [2.05, 4.69) is 31.1 Å². The van der Waals surface area contributed by atoms with Crippen molar-refractivity contribution in [3.8, 4) is 17.1 Å². The predicted molar refractivity (Wildman–Crippen MR) is 89.7 cm³/mol. The van der Waals surface area contributed by atoms with Gasteiger partial charge in [-0.1, -0.05) is 23.2 Å². The van der Waals surface area contributed by atoms with E-state index >= 15 is 0 Å². The third-order valence-corrected chi connectivity index (χ3v) is 4.90. The van der Waals surface area contributed by atoms with Gasteiger partial charge in [0.2, 0.25) is 0 Å². The molecule has 3 aromatic rings. The molecule has 1 aromatic carbocycles. The molecule has 3 rings (SSSR count). The lowest BCUT2D eigenvalue weighted by Crippen LogP contribution is -1.99. The molecule has 2 heterocycles. The van der Waals surface area contributed by atoms with Crippen LogP contribution >= 0.6 is 51.3 Å². The van der Waals surface area contributed by atoms with Gasteiger partial charge in [0.15, 0.2) is 10.6 Å². The van der Waals surface area contributed by atoms with E-state index in [9.17, 15) is 0 Å². The van der Waals surface area contributed by atoms with Gasteiger partial charge in [-0.2, -0.15) is 5.10 Å². The van der Waals surface area contributed by atoms with Crippen molar-refractivity contribution >= 4 is 51.3 Å². The number of halogens is 3. The molecule has 0 amide bonds. The number of hydrogen-bond donors (Lipinski definition) is 1.